The molecule has 0 saturated heterocycles. The highest BCUT2D eigenvalue weighted by atomic mass is 15.3. The SMILES string of the molecule is C#CC1(c2nn(C)c3ccccc23)CC1. The zero-order valence-electron chi connectivity index (χ0n) is 8.70. The molecule has 0 bridgehead atoms. The molecule has 1 aromatic carbocycles. The average Bonchev–Trinajstić information content (AvgIpc) is 3.00. The summed E-state index contributed by atoms with van der Waals surface area (Å²) in [6, 6.07) is 8.26. The molecule has 0 N–H and O–H groups in total. The summed E-state index contributed by atoms with van der Waals surface area (Å²) in [5, 5.41) is 5.77. The minimum absolute atomic E-state index is 0.0686. The zero-order valence-corrected chi connectivity index (χ0v) is 8.70. The van der Waals surface area contributed by atoms with Crippen LogP contribution in [-0.2, 0) is 12.5 Å². The molecule has 1 aliphatic rings. The van der Waals surface area contributed by atoms with Crippen LogP contribution in [0.3, 0.4) is 0 Å². The van der Waals surface area contributed by atoms with Crippen LogP contribution in [0.1, 0.15) is 18.5 Å². The predicted molar refractivity (Wildman–Crippen MR) is 60.5 cm³/mol. The Morgan fingerprint density at radius 3 is 2.80 bits per heavy atom. The van der Waals surface area contributed by atoms with Crippen molar-refractivity contribution in [3.05, 3.63) is 30.0 Å². The topological polar surface area (TPSA) is 17.8 Å². The molecule has 0 unspecified atom stereocenters. The Morgan fingerprint density at radius 1 is 1.40 bits per heavy atom. The number of terminal acetylenes is 1. The van der Waals surface area contributed by atoms with Crippen molar-refractivity contribution in [1.29, 1.82) is 0 Å². The lowest BCUT2D eigenvalue weighted by atomic mass is 10.0. The van der Waals surface area contributed by atoms with Gasteiger partial charge in [-0.3, -0.25) is 4.68 Å². The molecule has 0 spiro atoms. The molecule has 2 aromatic rings. The van der Waals surface area contributed by atoms with E-state index in [4.69, 9.17) is 6.42 Å². The van der Waals surface area contributed by atoms with E-state index < -0.39 is 0 Å². The van der Waals surface area contributed by atoms with Gasteiger partial charge in [-0.15, -0.1) is 6.42 Å². The van der Waals surface area contributed by atoms with Crippen LogP contribution in [0.4, 0.5) is 0 Å². The molecular weight excluding hydrogens is 184 g/mol. The molecule has 3 rings (SSSR count). The van der Waals surface area contributed by atoms with Crippen molar-refractivity contribution in [2.75, 3.05) is 0 Å². The maximum absolute atomic E-state index is 5.60. The number of hydrogen-bond donors (Lipinski definition) is 0. The van der Waals surface area contributed by atoms with Gasteiger partial charge in [0.25, 0.3) is 0 Å². The van der Waals surface area contributed by atoms with Crippen LogP contribution in [0.15, 0.2) is 24.3 Å². The first kappa shape index (κ1) is 8.55. The van der Waals surface area contributed by atoms with Crippen LogP contribution in [0.2, 0.25) is 0 Å². The summed E-state index contributed by atoms with van der Waals surface area (Å²) in [6.07, 6.45) is 7.75. The standard InChI is InChI=1S/C13H12N2/c1-3-13(8-9-13)12-10-6-4-5-7-11(10)15(2)14-12/h1,4-7H,8-9H2,2H3. The summed E-state index contributed by atoms with van der Waals surface area (Å²) in [5.74, 6) is 2.90. The Balaban J connectivity index is 2.34. The van der Waals surface area contributed by atoms with E-state index in [1.165, 1.54) is 5.39 Å². The molecule has 1 aliphatic carbocycles. The highest BCUT2D eigenvalue weighted by molar-refractivity contribution is 5.84. The molecule has 2 heteroatoms. The monoisotopic (exact) mass is 196 g/mol. The Morgan fingerprint density at radius 2 is 2.13 bits per heavy atom. The lowest BCUT2D eigenvalue weighted by Gasteiger charge is -2.02. The van der Waals surface area contributed by atoms with Crippen LogP contribution in [-0.4, -0.2) is 9.78 Å². The smallest absolute Gasteiger partial charge is 0.0884 e. The van der Waals surface area contributed by atoms with Crippen LogP contribution in [0.5, 0.6) is 0 Å². The fourth-order valence-electron chi connectivity index (χ4n) is 2.14. The molecule has 1 saturated carbocycles. The number of rotatable bonds is 1. The molecule has 1 fully saturated rings. The molecule has 0 atom stereocenters. The van der Waals surface area contributed by atoms with Gasteiger partial charge in [0.2, 0.25) is 0 Å². The number of para-hydroxylation sites is 1. The minimum atomic E-state index is -0.0686. The van der Waals surface area contributed by atoms with Gasteiger partial charge in [-0.05, 0) is 18.9 Å². The van der Waals surface area contributed by atoms with Crippen LogP contribution in [0, 0.1) is 12.3 Å². The first-order valence-electron chi connectivity index (χ1n) is 5.17. The van der Waals surface area contributed by atoms with E-state index in [-0.39, 0.29) is 5.41 Å². The second-order valence-electron chi connectivity index (χ2n) is 4.22. The first-order valence-corrected chi connectivity index (χ1v) is 5.17. The quantitative estimate of drug-likeness (QED) is 0.639. The maximum Gasteiger partial charge on any atom is 0.0884 e. The van der Waals surface area contributed by atoms with Crippen LogP contribution in [0.25, 0.3) is 10.9 Å². The van der Waals surface area contributed by atoms with Gasteiger partial charge in [-0.2, -0.15) is 5.10 Å². The Labute approximate surface area is 88.9 Å². The summed E-state index contributed by atoms with van der Waals surface area (Å²) in [6.45, 7) is 0. The van der Waals surface area contributed by atoms with E-state index in [1.54, 1.807) is 0 Å². The van der Waals surface area contributed by atoms with Gasteiger partial charge in [0.05, 0.1) is 16.6 Å². The van der Waals surface area contributed by atoms with Crippen LogP contribution < -0.4 is 0 Å². The molecule has 1 aromatic heterocycles. The van der Waals surface area contributed by atoms with E-state index in [0.29, 0.717) is 0 Å². The molecule has 74 valence electrons. The van der Waals surface area contributed by atoms with Gasteiger partial charge in [-0.1, -0.05) is 24.1 Å². The molecule has 2 nitrogen and oxygen atoms in total. The third-order valence-corrected chi connectivity index (χ3v) is 3.24. The second-order valence-corrected chi connectivity index (χ2v) is 4.22. The lowest BCUT2D eigenvalue weighted by Crippen LogP contribution is -2.04. The minimum Gasteiger partial charge on any atom is -0.268 e. The zero-order chi connectivity index (χ0) is 10.5. The Hall–Kier alpha value is -1.75. The number of benzene rings is 1. The van der Waals surface area contributed by atoms with E-state index >= 15 is 0 Å². The van der Waals surface area contributed by atoms with Crippen LogP contribution >= 0.6 is 0 Å². The fraction of sp³-hybridized carbons (Fsp3) is 0.308. The van der Waals surface area contributed by atoms with Crippen molar-refractivity contribution in [2.45, 2.75) is 18.3 Å². The van der Waals surface area contributed by atoms with Crippen molar-refractivity contribution in [1.82, 2.24) is 9.78 Å². The Bertz CT molecular complexity index is 568. The van der Waals surface area contributed by atoms with Gasteiger partial charge in [-0.25, -0.2) is 0 Å². The normalized spacial score (nSPS) is 17.6. The van der Waals surface area contributed by atoms with Crippen molar-refractivity contribution in [2.24, 2.45) is 7.05 Å². The lowest BCUT2D eigenvalue weighted by molar-refractivity contribution is 0.740. The van der Waals surface area contributed by atoms with E-state index in [2.05, 4.69) is 23.2 Å². The average molecular weight is 196 g/mol. The first-order chi connectivity index (χ1) is 7.27. The van der Waals surface area contributed by atoms with E-state index in [1.807, 2.05) is 23.9 Å². The third kappa shape index (κ3) is 1.04. The second kappa shape index (κ2) is 2.64. The van der Waals surface area contributed by atoms with E-state index in [0.717, 1.165) is 24.1 Å². The maximum atomic E-state index is 5.60. The molecule has 1 heterocycles. The molecule has 0 aliphatic heterocycles. The number of nitrogens with zero attached hydrogens (tertiary/aromatic N) is 2. The summed E-state index contributed by atoms with van der Waals surface area (Å²) in [7, 11) is 1.97. The largest absolute Gasteiger partial charge is 0.268 e. The van der Waals surface area contributed by atoms with Gasteiger partial charge >= 0.3 is 0 Å². The molecular formula is C13H12N2. The van der Waals surface area contributed by atoms with Crippen molar-refractivity contribution >= 4 is 10.9 Å². The summed E-state index contributed by atoms with van der Waals surface area (Å²) < 4.78 is 1.92. The fourth-order valence-corrected chi connectivity index (χ4v) is 2.14. The number of hydrogen-bond acceptors (Lipinski definition) is 1. The van der Waals surface area contributed by atoms with Crippen molar-refractivity contribution in [3.63, 3.8) is 0 Å². The molecule has 0 radical (unpaired) electrons. The summed E-state index contributed by atoms with van der Waals surface area (Å²) in [5.41, 5.74) is 2.18. The molecule has 0 amide bonds. The van der Waals surface area contributed by atoms with Crippen molar-refractivity contribution < 1.29 is 0 Å². The Kier molecular flexibility index (Phi) is 1.50. The molecule has 15 heavy (non-hydrogen) atoms. The van der Waals surface area contributed by atoms with Gasteiger partial charge in [0, 0.05) is 12.4 Å². The van der Waals surface area contributed by atoms with E-state index in [9.17, 15) is 0 Å². The van der Waals surface area contributed by atoms with Gasteiger partial charge in [0.15, 0.2) is 0 Å². The summed E-state index contributed by atoms with van der Waals surface area (Å²) >= 11 is 0. The third-order valence-electron chi connectivity index (χ3n) is 3.24. The van der Waals surface area contributed by atoms with Gasteiger partial charge in [0.1, 0.15) is 0 Å². The predicted octanol–water partition coefficient (Wildman–Crippen LogP) is 2.24. The summed E-state index contributed by atoms with van der Waals surface area (Å²) in [4.78, 5) is 0. The number of fused-ring (bicyclic) bond motifs is 1. The van der Waals surface area contributed by atoms with Gasteiger partial charge < -0.3 is 0 Å². The number of aryl methyl sites for hydroxylation is 1. The highest BCUT2D eigenvalue weighted by Crippen LogP contribution is 2.48. The van der Waals surface area contributed by atoms with Crippen molar-refractivity contribution in [3.8, 4) is 12.3 Å². The number of aromatic nitrogens is 2. The highest BCUT2D eigenvalue weighted by Gasteiger charge is 2.46.